The van der Waals surface area contributed by atoms with Gasteiger partial charge in [-0.3, -0.25) is 19.7 Å². The average Bonchev–Trinajstić information content (AvgIpc) is 3.45. The van der Waals surface area contributed by atoms with Crippen LogP contribution in [-0.4, -0.2) is 76.5 Å². The van der Waals surface area contributed by atoms with Gasteiger partial charge in [0.1, 0.15) is 16.4 Å². The van der Waals surface area contributed by atoms with Gasteiger partial charge in [-0.2, -0.15) is 13.2 Å². The lowest BCUT2D eigenvalue weighted by Crippen LogP contribution is -2.52. The summed E-state index contributed by atoms with van der Waals surface area (Å²) < 4.78 is 39.4. The van der Waals surface area contributed by atoms with Crippen molar-refractivity contribution in [2.24, 2.45) is 4.99 Å². The molecule has 2 aromatic heterocycles. The Balaban J connectivity index is 1.43. The Bertz CT molecular complexity index is 1100. The molecule has 2 aromatic rings. The Kier molecular flexibility index (Phi) is 5.92. The lowest BCUT2D eigenvalue weighted by molar-refractivity contribution is -0.0938. The van der Waals surface area contributed by atoms with Crippen LogP contribution in [0.5, 0.6) is 0 Å². The maximum absolute atomic E-state index is 13.5. The van der Waals surface area contributed by atoms with Gasteiger partial charge in [0.25, 0.3) is 5.91 Å². The molecule has 5 heterocycles. The number of carbonyl (C=O) groups excluding carboxylic acids is 1. The number of halogens is 3. The highest BCUT2D eigenvalue weighted by Crippen LogP contribution is 2.34. The fourth-order valence-corrected chi connectivity index (χ4v) is 5.45. The minimum atomic E-state index is -4.39. The standard InChI is InChI=1S/C22H23F3N6OS/c23-22(24,25)14-6-8-27-17(12-14)28-21-29-18(16-5-1-2-7-26-16)19(33-21)20(32)31-11-10-30-9-3-4-15(30)13-31/h1-2,5,7,12,15H,3-4,6,8-11,13H2,(H,27,28,29). The number of carbonyl (C=O) groups is 1. The zero-order valence-corrected chi connectivity index (χ0v) is 18.6. The van der Waals surface area contributed by atoms with E-state index in [9.17, 15) is 18.0 Å². The highest BCUT2D eigenvalue weighted by atomic mass is 32.1. The van der Waals surface area contributed by atoms with Crippen LogP contribution >= 0.6 is 11.3 Å². The summed E-state index contributed by atoms with van der Waals surface area (Å²) in [5.74, 6) is -0.0293. The van der Waals surface area contributed by atoms with Crippen molar-refractivity contribution in [1.29, 1.82) is 0 Å². The van der Waals surface area contributed by atoms with Crippen molar-refractivity contribution in [2.75, 3.05) is 38.0 Å². The quantitative estimate of drug-likeness (QED) is 0.729. The number of dihydropyridines is 1. The summed E-state index contributed by atoms with van der Waals surface area (Å²) >= 11 is 1.13. The molecular formula is C22H23F3N6OS. The number of fused-ring (bicyclic) bond motifs is 1. The number of piperazine rings is 1. The molecule has 0 aromatic carbocycles. The zero-order valence-electron chi connectivity index (χ0n) is 17.8. The molecule has 2 saturated heterocycles. The van der Waals surface area contributed by atoms with Crippen LogP contribution in [0.15, 0.2) is 41.0 Å². The molecule has 7 nitrogen and oxygen atoms in total. The second-order valence-corrected chi connectivity index (χ2v) is 9.30. The van der Waals surface area contributed by atoms with Crippen LogP contribution in [-0.2, 0) is 0 Å². The minimum absolute atomic E-state index is 0.0452. The lowest BCUT2D eigenvalue weighted by atomic mass is 10.1. The number of amidine groups is 1. The van der Waals surface area contributed by atoms with E-state index in [1.54, 1.807) is 18.3 Å². The van der Waals surface area contributed by atoms with E-state index in [1.807, 2.05) is 11.0 Å². The molecule has 1 atom stereocenters. The number of aliphatic imine (C=N–C) groups is 1. The van der Waals surface area contributed by atoms with Gasteiger partial charge in [0.2, 0.25) is 0 Å². The first-order chi connectivity index (χ1) is 15.9. The van der Waals surface area contributed by atoms with E-state index >= 15 is 0 Å². The molecule has 1 unspecified atom stereocenters. The van der Waals surface area contributed by atoms with Gasteiger partial charge in [0.15, 0.2) is 5.13 Å². The van der Waals surface area contributed by atoms with Crippen molar-refractivity contribution in [2.45, 2.75) is 31.5 Å². The Labute approximate surface area is 193 Å². The summed E-state index contributed by atoms with van der Waals surface area (Å²) in [6.07, 6.45) is 0.316. The van der Waals surface area contributed by atoms with Gasteiger partial charge >= 0.3 is 6.18 Å². The summed E-state index contributed by atoms with van der Waals surface area (Å²) in [7, 11) is 0. The lowest BCUT2D eigenvalue weighted by Gasteiger charge is -2.37. The number of nitrogens with zero attached hydrogens (tertiary/aromatic N) is 5. The Morgan fingerprint density at radius 3 is 2.88 bits per heavy atom. The molecule has 5 rings (SSSR count). The van der Waals surface area contributed by atoms with E-state index in [4.69, 9.17) is 0 Å². The second-order valence-electron chi connectivity index (χ2n) is 8.30. The van der Waals surface area contributed by atoms with Crippen LogP contribution < -0.4 is 5.32 Å². The molecule has 1 N–H and O–H groups in total. The number of hydrogen-bond acceptors (Lipinski definition) is 7. The van der Waals surface area contributed by atoms with E-state index < -0.39 is 11.7 Å². The third-order valence-electron chi connectivity index (χ3n) is 6.18. The average molecular weight is 477 g/mol. The molecule has 33 heavy (non-hydrogen) atoms. The van der Waals surface area contributed by atoms with E-state index in [1.165, 1.54) is 0 Å². The molecule has 0 radical (unpaired) electrons. The van der Waals surface area contributed by atoms with Crippen molar-refractivity contribution in [1.82, 2.24) is 19.8 Å². The summed E-state index contributed by atoms with van der Waals surface area (Å²) in [6, 6.07) is 5.73. The van der Waals surface area contributed by atoms with Crippen LogP contribution in [0.25, 0.3) is 11.4 Å². The highest BCUT2D eigenvalue weighted by molar-refractivity contribution is 7.18. The Morgan fingerprint density at radius 1 is 1.21 bits per heavy atom. The summed E-state index contributed by atoms with van der Waals surface area (Å²) in [5, 5.41) is 3.20. The van der Waals surface area contributed by atoms with Crippen molar-refractivity contribution in [3.05, 3.63) is 40.9 Å². The molecule has 0 saturated carbocycles. The molecule has 0 bridgehead atoms. The Hall–Kier alpha value is -2.79. The van der Waals surface area contributed by atoms with Crippen molar-refractivity contribution >= 4 is 28.2 Å². The fraction of sp³-hybridized carbons (Fsp3) is 0.455. The number of anilines is 1. The summed E-state index contributed by atoms with van der Waals surface area (Å²) in [6.45, 7) is 3.29. The molecular weight excluding hydrogens is 453 g/mol. The summed E-state index contributed by atoms with van der Waals surface area (Å²) in [5.41, 5.74) is 0.340. The minimum Gasteiger partial charge on any atom is -0.335 e. The van der Waals surface area contributed by atoms with Gasteiger partial charge in [-0.1, -0.05) is 17.4 Å². The van der Waals surface area contributed by atoms with E-state index in [0.717, 1.165) is 43.3 Å². The summed E-state index contributed by atoms with van der Waals surface area (Å²) in [4.78, 5) is 31.2. The number of aromatic nitrogens is 2. The number of thiazole rings is 1. The molecule has 1 amide bonds. The van der Waals surface area contributed by atoms with Gasteiger partial charge in [-0.15, -0.1) is 0 Å². The SMILES string of the molecule is O=C(c1sc(NC2=NCCC(C(F)(F)F)=C2)nc1-c1ccccn1)N1CCN2CCCC2C1. The van der Waals surface area contributed by atoms with E-state index in [2.05, 4.69) is 25.2 Å². The molecule has 0 aliphatic carbocycles. The third-order valence-corrected chi connectivity index (χ3v) is 7.14. The first-order valence-electron chi connectivity index (χ1n) is 10.9. The van der Waals surface area contributed by atoms with Gasteiger partial charge in [-0.25, -0.2) is 4.98 Å². The maximum atomic E-state index is 13.5. The molecule has 3 aliphatic rings. The van der Waals surface area contributed by atoms with Crippen LogP contribution in [0.1, 0.15) is 28.9 Å². The Morgan fingerprint density at radius 2 is 2.09 bits per heavy atom. The van der Waals surface area contributed by atoms with Crippen molar-refractivity contribution in [3.8, 4) is 11.4 Å². The maximum Gasteiger partial charge on any atom is 0.412 e. The fourth-order valence-electron chi connectivity index (χ4n) is 4.50. The first kappa shape index (κ1) is 22.0. The number of nitrogens with one attached hydrogen (secondary N) is 1. The number of amides is 1. The van der Waals surface area contributed by atoms with Gasteiger partial charge in [0, 0.05) is 44.0 Å². The van der Waals surface area contributed by atoms with Crippen molar-refractivity contribution in [3.63, 3.8) is 0 Å². The topological polar surface area (TPSA) is 73.7 Å². The zero-order chi connectivity index (χ0) is 23.0. The molecule has 0 spiro atoms. The normalized spacial score (nSPS) is 21.4. The van der Waals surface area contributed by atoms with E-state index in [0.29, 0.717) is 40.5 Å². The van der Waals surface area contributed by atoms with Crippen LogP contribution in [0, 0.1) is 0 Å². The first-order valence-corrected chi connectivity index (χ1v) is 11.7. The molecule has 2 fully saturated rings. The highest BCUT2D eigenvalue weighted by Gasteiger charge is 2.36. The number of alkyl halides is 3. The number of hydrogen-bond donors (Lipinski definition) is 1. The molecule has 3 aliphatic heterocycles. The molecule has 174 valence electrons. The monoisotopic (exact) mass is 476 g/mol. The van der Waals surface area contributed by atoms with E-state index in [-0.39, 0.29) is 24.7 Å². The predicted molar refractivity (Wildman–Crippen MR) is 121 cm³/mol. The smallest absolute Gasteiger partial charge is 0.335 e. The van der Waals surface area contributed by atoms with Crippen LogP contribution in [0.4, 0.5) is 18.3 Å². The van der Waals surface area contributed by atoms with Crippen LogP contribution in [0.3, 0.4) is 0 Å². The largest absolute Gasteiger partial charge is 0.412 e. The van der Waals surface area contributed by atoms with Gasteiger partial charge < -0.3 is 10.2 Å². The number of pyridine rings is 1. The van der Waals surface area contributed by atoms with Gasteiger partial charge in [0.05, 0.1) is 5.69 Å². The molecule has 11 heteroatoms. The third kappa shape index (κ3) is 4.65. The van der Waals surface area contributed by atoms with Gasteiger partial charge in [-0.05, 0) is 44.0 Å². The van der Waals surface area contributed by atoms with Crippen molar-refractivity contribution < 1.29 is 18.0 Å². The predicted octanol–water partition coefficient (Wildman–Crippen LogP) is 3.83. The second kappa shape index (κ2) is 8.86. The van der Waals surface area contributed by atoms with Crippen LogP contribution in [0.2, 0.25) is 0 Å². The number of rotatable bonds is 3.